The molecule has 15 heavy (non-hydrogen) atoms. The smallest absolute Gasteiger partial charge is 0.283 e. The number of hydrogen-bond acceptors (Lipinski definition) is 3. The first-order chi connectivity index (χ1) is 7.24. The van der Waals surface area contributed by atoms with E-state index in [0.29, 0.717) is 0 Å². The van der Waals surface area contributed by atoms with Gasteiger partial charge in [0.05, 0.1) is 6.10 Å². The van der Waals surface area contributed by atoms with Gasteiger partial charge in [0, 0.05) is 12.3 Å². The summed E-state index contributed by atoms with van der Waals surface area (Å²) in [7, 11) is 0. The Bertz CT molecular complexity index is 243. The molecule has 0 aliphatic heterocycles. The summed E-state index contributed by atoms with van der Waals surface area (Å²) in [5, 5.41) is 6.81. The number of amides is 1. The molecule has 0 spiro atoms. The van der Waals surface area contributed by atoms with Crippen molar-refractivity contribution >= 4 is 12.1 Å². The van der Waals surface area contributed by atoms with Gasteiger partial charge < -0.3 is 15.9 Å². The average Bonchev–Trinajstić information content (AvgIpc) is 2.73. The predicted molar refractivity (Wildman–Crippen MR) is 60.7 cm³/mol. The highest BCUT2D eigenvalue weighted by molar-refractivity contribution is 5.93. The summed E-state index contributed by atoms with van der Waals surface area (Å²) >= 11 is 0. The Labute approximate surface area is 90.3 Å². The molecule has 0 heterocycles. The van der Waals surface area contributed by atoms with Crippen LogP contribution in [0.3, 0.4) is 0 Å². The Morgan fingerprint density at radius 2 is 1.93 bits per heavy atom. The van der Waals surface area contributed by atoms with Gasteiger partial charge in [0.2, 0.25) is 0 Å². The summed E-state index contributed by atoms with van der Waals surface area (Å²) in [6, 6.07) is 0. The minimum Gasteiger partial charge on any atom is -0.485 e. The fraction of sp³-hybridized carbons (Fsp3) is 0.455. The van der Waals surface area contributed by atoms with E-state index in [4.69, 9.17) is 15.9 Å². The van der Waals surface area contributed by atoms with Crippen LogP contribution in [0, 0.1) is 5.41 Å². The van der Waals surface area contributed by atoms with Crippen molar-refractivity contribution in [2.45, 2.75) is 31.8 Å². The Balaban J connectivity index is 0.000000921. The lowest BCUT2D eigenvalue weighted by molar-refractivity contribution is -0.118. The van der Waals surface area contributed by atoms with Crippen molar-refractivity contribution in [3.05, 3.63) is 25.0 Å². The molecule has 84 valence electrons. The Hall–Kier alpha value is -1.58. The number of ether oxygens (including phenoxy) is 1. The summed E-state index contributed by atoms with van der Waals surface area (Å²) in [5.74, 6) is -0.502. The van der Waals surface area contributed by atoms with Gasteiger partial charge in [-0.05, 0) is 25.7 Å². The van der Waals surface area contributed by atoms with Crippen molar-refractivity contribution in [1.82, 2.24) is 0 Å². The molecule has 0 unspecified atom stereocenters. The number of carbonyl (C=O) groups excluding carboxylic acids is 1. The second kappa shape index (κ2) is 7.79. The quantitative estimate of drug-likeness (QED) is 0.321. The monoisotopic (exact) mass is 210 g/mol. The fourth-order valence-corrected chi connectivity index (χ4v) is 1.44. The van der Waals surface area contributed by atoms with Gasteiger partial charge in [-0.3, -0.25) is 4.79 Å². The third kappa shape index (κ3) is 5.00. The van der Waals surface area contributed by atoms with Crippen LogP contribution in [0.25, 0.3) is 0 Å². The maximum atomic E-state index is 10.8. The second-order valence-corrected chi connectivity index (χ2v) is 3.09. The largest absolute Gasteiger partial charge is 0.485 e. The molecule has 0 radical (unpaired) electrons. The van der Waals surface area contributed by atoms with Gasteiger partial charge in [-0.1, -0.05) is 0 Å². The first-order valence-electron chi connectivity index (χ1n) is 4.91. The van der Waals surface area contributed by atoms with Crippen LogP contribution in [0.1, 0.15) is 25.7 Å². The summed E-state index contributed by atoms with van der Waals surface area (Å²) in [4.78, 5) is 10.8. The van der Waals surface area contributed by atoms with Crippen molar-refractivity contribution in [1.29, 1.82) is 5.41 Å². The van der Waals surface area contributed by atoms with Crippen LogP contribution >= 0.6 is 0 Å². The zero-order valence-electron chi connectivity index (χ0n) is 8.87. The molecule has 0 aromatic heterocycles. The molecule has 0 aromatic rings. The van der Waals surface area contributed by atoms with Crippen LogP contribution in [0.4, 0.5) is 0 Å². The van der Waals surface area contributed by atoms with Gasteiger partial charge in [0.15, 0.2) is 5.76 Å². The Morgan fingerprint density at radius 1 is 1.40 bits per heavy atom. The second-order valence-electron chi connectivity index (χ2n) is 3.09. The highest BCUT2D eigenvalue weighted by atomic mass is 16.5. The van der Waals surface area contributed by atoms with E-state index in [0.717, 1.165) is 31.9 Å². The van der Waals surface area contributed by atoms with E-state index < -0.39 is 5.91 Å². The van der Waals surface area contributed by atoms with Crippen molar-refractivity contribution in [3.8, 4) is 0 Å². The maximum absolute atomic E-state index is 10.8. The van der Waals surface area contributed by atoms with Crippen molar-refractivity contribution in [3.63, 3.8) is 0 Å². The van der Waals surface area contributed by atoms with Crippen molar-refractivity contribution in [2.75, 3.05) is 0 Å². The van der Waals surface area contributed by atoms with Gasteiger partial charge in [0.25, 0.3) is 5.91 Å². The minimum atomic E-state index is -0.601. The first kappa shape index (κ1) is 13.4. The molecule has 1 aliphatic carbocycles. The van der Waals surface area contributed by atoms with Gasteiger partial charge in [0.1, 0.15) is 0 Å². The number of rotatable bonds is 4. The molecule has 0 saturated heterocycles. The fourth-order valence-electron chi connectivity index (χ4n) is 1.44. The molecule has 1 aliphatic rings. The molecule has 4 nitrogen and oxygen atoms in total. The van der Waals surface area contributed by atoms with Crippen LogP contribution in [0.5, 0.6) is 0 Å². The van der Waals surface area contributed by atoms with Crippen LogP contribution < -0.4 is 5.73 Å². The molecule has 4 heteroatoms. The first-order valence-corrected chi connectivity index (χ1v) is 4.91. The van der Waals surface area contributed by atoms with E-state index >= 15 is 0 Å². The zero-order chi connectivity index (χ0) is 11.7. The third-order valence-corrected chi connectivity index (χ3v) is 2.07. The molecule has 1 amide bonds. The molecule has 0 atom stereocenters. The lowest BCUT2D eigenvalue weighted by atomic mass is 10.3. The molecule has 1 fully saturated rings. The van der Waals surface area contributed by atoms with Crippen LogP contribution in [-0.2, 0) is 9.53 Å². The molecular weight excluding hydrogens is 192 g/mol. The van der Waals surface area contributed by atoms with Crippen LogP contribution in [0.2, 0.25) is 0 Å². The molecular formula is C11H18N2O2. The van der Waals surface area contributed by atoms with E-state index in [2.05, 4.69) is 13.2 Å². The summed E-state index contributed by atoms with van der Waals surface area (Å²) in [5.41, 5.74) is 5.07. The number of allylic oxidation sites excluding steroid dienone is 1. The Kier molecular flexibility index (Phi) is 6.97. The summed E-state index contributed by atoms with van der Waals surface area (Å²) in [6.45, 7) is 6.00. The van der Waals surface area contributed by atoms with E-state index in [-0.39, 0.29) is 11.9 Å². The number of primary amides is 1. The average molecular weight is 210 g/mol. The highest BCUT2D eigenvalue weighted by Gasteiger charge is 2.19. The topological polar surface area (TPSA) is 76.2 Å². The number of carbonyl (C=O) groups is 1. The number of nitrogens with two attached hydrogens (primary N) is 1. The Morgan fingerprint density at radius 3 is 2.33 bits per heavy atom. The number of hydrogen-bond donors (Lipinski definition) is 2. The van der Waals surface area contributed by atoms with Crippen molar-refractivity contribution < 1.29 is 9.53 Å². The van der Waals surface area contributed by atoms with E-state index in [1.807, 2.05) is 0 Å². The molecule has 0 bridgehead atoms. The van der Waals surface area contributed by atoms with Crippen molar-refractivity contribution in [2.24, 2.45) is 5.73 Å². The zero-order valence-corrected chi connectivity index (χ0v) is 8.87. The van der Waals surface area contributed by atoms with Crippen LogP contribution in [0.15, 0.2) is 25.0 Å². The minimum absolute atomic E-state index is 0.0990. The van der Waals surface area contributed by atoms with E-state index in [1.54, 1.807) is 0 Å². The van der Waals surface area contributed by atoms with Crippen LogP contribution in [-0.4, -0.2) is 18.2 Å². The normalized spacial score (nSPS) is 16.4. The SMILES string of the molecule is C=C.N=C/C=C(/OC1CCCC1)C(N)=O. The maximum Gasteiger partial charge on any atom is 0.283 e. The predicted octanol–water partition coefficient (Wildman–Crippen LogP) is 1.77. The molecule has 0 aromatic carbocycles. The van der Waals surface area contributed by atoms with E-state index in [1.165, 1.54) is 6.08 Å². The lowest BCUT2D eigenvalue weighted by Crippen LogP contribution is -2.20. The summed E-state index contributed by atoms with van der Waals surface area (Å²) < 4.78 is 5.35. The molecule has 3 N–H and O–H groups in total. The lowest BCUT2D eigenvalue weighted by Gasteiger charge is -2.12. The number of nitrogens with one attached hydrogen (secondary N) is 1. The van der Waals surface area contributed by atoms with E-state index in [9.17, 15) is 4.79 Å². The summed E-state index contributed by atoms with van der Waals surface area (Å²) in [6.07, 6.45) is 6.64. The van der Waals surface area contributed by atoms with Gasteiger partial charge in [-0.25, -0.2) is 0 Å². The standard InChI is InChI=1S/C9H14N2O2.C2H4/c10-6-5-8(9(11)12)13-7-3-1-2-4-7;1-2/h5-7,10H,1-4H2,(H2,11,12);1-2H2/b8-5+,10-6?;. The van der Waals surface area contributed by atoms with Gasteiger partial charge >= 0.3 is 0 Å². The van der Waals surface area contributed by atoms with Gasteiger partial charge in [-0.2, -0.15) is 0 Å². The highest BCUT2D eigenvalue weighted by Crippen LogP contribution is 2.22. The molecule has 1 rings (SSSR count). The third-order valence-electron chi connectivity index (χ3n) is 2.07. The molecule has 1 saturated carbocycles. The van der Waals surface area contributed by atoms with Gasteiger partial charge in [-0.15, -0.1) is 13.2 Å².